The summed E-state index contributed by atoms with van der Waals surface area (Å²) < 4.78 is 81.2. The van der Waals surface area contributed by atoms with Crippen LogP contribution in [0.2, 0.25) is 0 Å². The lowest BCUT2D eigenvalue weighted by molar-refractivity contribution is -0.384. The van der Waals surface area contributed by atoms with Gasteiger partial charge in [0.2, 0.25) is 17.7 Å². The smallest absolute Gasteiger partial charge is 0.394 e. The molecule has 17 N–H and O–H groups in total. The van der Waals surface area contributed by atoms with E-state index >= 15 is 0 Å². The van der Waals surface area contributed by atoms with Crippen molar-refractivity contribution in [2.45, 2.75) is 175 Å². The van der Waals surface area contributed by atoms with Crippen molar-refractivity contribution >= 4 is 28.1 Å². The predicted molar refractivity (Wildman–Crippen MR) is 213 cm³/mol. The number of carbonyl (C=O) groups is 3. The number of rotatable bonds is 21. The third kappa shape index (κ3) is 14.5. The lowest BCUT2D eigenvalue weighted by Gasteiger charge is -2.49. The van der Waals surface area contributed by atoms with Gasteiger partial charge in [0.15, 0.2) is 25.2 Å². The Morgan fingerprint density at radius 1 is 0.618 bits per heavy atom. The number of carbonyl (C=O) groups excluding carboxylic acids is 3. The molecule has 0 spiro atoms. The quantitative estimate of drug-likeness (QED) is 0.0475. The van der Waals surface area contributed by atoms with Crippen molar-refractivity contribution in [3.05, 3.63) is 0 Å². The van der Waals surface area contributed by atoms with Crippen LogP contribution in [0.15, 0.2) is 0 Å². The van der Waals surface area contributed by atoms with E-state index in [1.54, 1.807) is 0 Å². The van der Waals surface area contributed by atoms with E-state index in [0.717, 1.165) is 20.8 Å². The van der Waals surface area contributed by atoms with Gasteiger partial charge in [0.25, 0.3) is 0 Å². The van der Waals surface area contributed by atoms with Crippen molar-refractivity contribution in [2.75, 3.05) is 33.0 Å². The number of ether oxygens (including phenoxy) is 8. The molecule has 0 unspecified atom stereocenters. The lowest BCUT2D eigenvalue weighted by atomic mass is 9.94. The Morgan fingerprint density at radius 2 is 1.16 bits per heavy atom. The second kappa shape index (κ2) is 25.2. The summed E-state index contributed by atoms with van der Waals surface area (Å²) >= 11 is 0. The van der Waals surface area contributed by atoms with Crippen LogP contribution in [0.4, 0.5) is 0 Å². The summed E-state index contributed by atoms with van der Waals surface area (Å²) in [5, 5.41) is 147. The van der Waals surface area contributed by atoms with Gasteiger partial charge in [0.05, 0.1) is 45.2 Å². The molecule has 4 rings (SSSR count). The van der Waals surface area contributed by atoms with Gasteiger partial charge < -0.3 is 120 Å². The second-order valence-electron chi connectivity index (χ2n) is 16.5. The maximum absolute atomic E-state index is 12.6. The normalized spacial score (nSPS) is 40.9. The zero-order chi connectivity index (χ0) is 51.1. The molecule has 4 saturated heterocycles. The molecule has 68 heavy (non-hydrogen) atoms. The van der Waals surface area contributed by atoms with Crippen LogP contribution in [-0.4, -0.2) is 277 Å². The number of nitrogens with one attached hydrogen (secondary N) is 3. The van der Waals surface area contributed by atoms with Gasteiger partial charge in [-0.2, -0.15) is 8.42 Å². The minimum Gasteiger partial charge on any atom is -0.394 e. The van der Waals surface area contributed by atoms with Crippen LogP contribution in [0.25, 0.3) is 0 Å². The molecule has 0 aromatic rings. The molecule has 31 nitrogen and oxygen atoms in total. The first-order chi connectivity index (χ1) is 31.7. The molecule has 4 aliphatic rings. The Bertz CT molecular complexity index is 1740. The Hall–Kier alpha value is -2.56. The van der Waals surface area contributed by atoms with Crippen molar-refractivity contribution in [2.24, 2.45) is 0 Å². The van der Waals surface area contributed by atoms with Gasteiger partial charge >= 0.3 is 10.4 Å². The molecular formula is C36H63N3O28S. The molecule has 4 fully saturated rings. The van der Waals surface area contributed by atoms with E-state index in [1.807, 2.05) is 0 Å². The molecule has 32 heteroatoms. The van der Waals surface area contributed by atoms with Gasteiger partial charge in [0.1, 0.15) is 110 Å². The minimum absolute atomic E-state index is 0.797. The van der Waals surface area contributed by atoms with E-state index in [0.29, 0.717) is 0 Å². The maximum atomic E-state index is 12.6. The summed E-state index contributed by atoms with van der Waals surface area (Å²) in [5.41, 5.74) is 0. The van der Waals surface area contributed by atoms with Crippen LogP contribution in [-0.2, 0) is 66.9 Å². The maximum Gasteiger partial charge on any atom is 0.397 e. The van der Waals surface area contributed by atoms with E-state index in [4.69, 9.17) is 42.4 Å². The van der Waals surface area contributed by atoms with Crippen LogP contribution >= 0.6 is 0 Å². The number of hydrogen-bond donors (Lipinski definition) is 17. The van der Waals surface area contributed by atoms with Crippen LogP contribution in [0.3, 0.4) is 0 Å². The number of aliphatic hydroxyl groups is 13. The fourth-order valence-corrected chi connectivity index (χ4v) is 8.12. The molecule has 0 aliphatic carbocycles. The third-order valence-corrected chi connectivity index (χ3v) is 11.8. The lowest BCUT2D eigenvalue weighted by Crippen LogP contribution is -2.69. The summed E-state index contributed by atoms with van der Waals surface area (Å²) in [4.78, 5) is 36.8. The molecule has 0 radical (unpaired) electrons. The van der Waals surface area contributed by atoms with Gasteiger partial charge in [-0.1, -0.05) is 0 Å². The first-order valence-corrected chi connectivity index (χ1v) is 22.4. The van der Waals surface area contributed by atoms with Crippen molar-refractivity contribution in [3.63, 3.8) is 0 Å². The fraction of sp³-hybridized carbons (Fsp3) is 0.917. The van der Waals surface area contributed by atoms with Crippen molar-refractivity contribution in [1.82, 2.24) is 16.0 Å². The summed E-state index contributed by atoms with van der Waals surface area (Å²) in [6.45, 7) is -0.889. The summed E-state index contributed by atoms with van der Waals surface area (Å²) in [5.74, 6) is -2.50. The van der Waals surface area contributed by atoms with Crippen molar-refractivity contribution < 1.29 is 136 Å². The first-order valence-electron chi connectivity index (χ1n) is 21.0. The van der Waals surface area contributed by atoms with E-state index < -0.39 is 208 Å². The topological polar surface area (TPSA) is 488 Å². The van der Waals surface area contributed by atoms with Gasteiger partial charge in [-0.05, 0) is 6.92 Å². The number of aliphatic hydroxyl groups excluding tert-OH is 13. The zero-order valence-corrected chi connectivity index (χ0v) is 37.6. The second-order valence-corrected chi connectivity index (χ2v) is 17.6. The predicted octanol–water partition coefficient (Wildman–Crippen LogP) is -11.0. The molecule has 24 atom stereocenters. The molecule has 0 aromatic heterocycles. The van der Waals surface area contributed by atoms with Crippen LogP contribution < -0.4 is 16.0 Å². The zero-order valence-electron chi connectivity index (χ0n) is 36.8. The van der Waals surface area contributed by atoms with Crippen molar-refractivity contribution in [3.8, 4) is 0 Å². The van der Waals surface area contributed by atoms with E-state index in [2.05, 4.69) is 20.1 Å². The van der Waals surface area contributed by atoms with Gasteiger partial charge in [0, 0.05) is 20.8 Å². The molecule has 3 amide bonds. The van der Waals surface area contributed by atoms with E-state index in [1.165, 1.54) is 6.92 Å². The molecule has 0 saturated carbocycles. The standard InChI is InChI=1S/C36H63N3O28S/c1-10-21(47)27(53)29(55)35(61-10)67-32-28(54)23(49)16(6-41)62-36(32)66-31-17(7-42)63-34(20(26(31)52)39-13(4)45)65-30(14(5-40)37-11(2)43)22(48)15(46)8-59-33-19(38-12(3)44)25(51)24(50)18(64-33)9-60-68(56,57)58/h10,14-36,40-42,46-55H,5-9H2,1-4H3,(H,37,43)(H,38,44)(H,39,45)(H,56,57,58)/t10-,14-,15+,16+,17+,18+,19+,20+,21+,22-,23-,24+,25+,26+,27+,28-,29-,30+,31+,32+,33+,34-,35-,36-/m0/s1. The average Bonchev–Trinajstić information content (AvgIpc) is 3.27. The first kappa shape index (κ1) is 58.0. The summed E-state index contributed by atoms with van der Waals surface area (Å²) in [6, 6.07) is -5.13. The highest BCUT2D eigenvalue weighted by Gasteiger charge is 2.55. The highest BCUT2D eigenvalue weighted by atomic mass is 32.3. The highest BCUT2D eigenvalue weighted by molar-refractivity contribution is 7.80. The Balaban J connectivity index is 1.62. The SMILES string of the molecule is CC(=O)N[C@H]1[C@H](O[C@@H]([C@@H](O)[C@H](O)CO[C@@H]2O[C@H](COS(=O)(=O)O)[C@@H](O)[C@H](O)[C@H]2NC(C)=O)[C@H](CO)NC(C)=O)O[C@H](CO)[C@@H](O[C@@H]2O[C@H](CO)[C@H](O)[C@H](O)[C@H]2O[C@@H]2O[C@@H](C)[C@@H](O)[C@@H](O)[C@@H]2O)[C@@H]1O. The summed E-state index contributed by atoms with van der Waals surface area (Å²) in [7, 11) is -5.09. The number of amides is 3. The van der Waals surface area contributed by atoms with Crippen LogP contribution in [0.5, 0.6) is 0 Å². The molecule has 396 valence electrons. The molecule has 0 aromatic carbocycles. The van der Waals surface area contributed by atoms with Gasteiger partial charge in [-0.3, -0.25) is 18.9 Å². The van der Waals surface area contributed by atoms with Gasteiger partial charge in [-0.15, -0.1) is 0 Å². The average molecular weight is 1020 g/mol. The molecular weight excluding hydrogens is 954 g/mol. The molecule has 0 bridgehead atoms. The third-order valence-electron chi connectivity index (χ3n) is 11.3. The highest BCUT2D eigenvalue weighted by Crippen LogP contribution is 2.34. The van der Waals surface area contributed by atoms with Crippen LogP contribution in [0, 0.1) is 0 Å². The van der Waals surface area contributed by atoms with E-state index in [9.17, 15) is 89.2 Å². The monoisotopic (exact) mass is 1020 g/mol. The van der Waals surface area contributed by atoms with Gasteiger partial charge in [-0.25, -0.2) is 4.18 Å². The largest absolute Gasteiger partial charge is 0.397 e. The molecule has 4 heterocycles. The fourth-order valence-electron chi connectivity index (χ4n) is 7.81. The number of hydrogen-bond acceptors (Lipinski definition) is 27. The van der Waals surface area contributed by atoms with Crippen molar-refractivity contribution in [1.29, 1.82) is 0 Å². The molecule has 4 aliphatic heterocycles. The Labute approximate surface area is 387 Å². The van der Waals surface area contributed by atoms with Crippen LogP contribution in [0.1, 0.15) is 27.7 Å². The Kier molecular flexibility index (Phi) is 21.5. The summed E-state index contributed by atoms with van der Waals surface area (Å²) in [6.07, 6.45) is -39.6. The minimum atomic E-state index is -5.09. The Morgan fingerprint density at radius 3 is 1.71 bits per heavy atom. The van der Waals surface area contributed by atoms with E-state index in [-0.39, 0.29) is 0 Å².